The molecule has 1 N–H and O–H groups in total. The first-order valence-electron chi connectivity index (χ1n) is 5.42. The van der Waals surface area contributed by atoms with Crippen molar-refractivity contribution in [3.8, 4) is 0 Å². The fourth-order valence-electron chi connectivity index (χ4n) is 1.83. The van der Waals surface area contributed by atoms with E-state index in [1.807, 2.05) is 19.2 Å². The van der Waals surface area contributed by atoms with Gasteiger partial charge in [0.1, 0.15) is 5.82 Å². The van der Waals surface area contributed by atoms with Crippen LogP contribution >= 0.6 is 11.6 Å². The van der Waals surface area contributed by atoms with Crippen molar-refractivity contribution in [2.24, 2.45) is 0 Å². The van der Waals surface area contributed by atoms with Crippen molar-refractivity contribution in [3.05, 3.63) is 23.4 Å². The first-order valence-corrected chi connectivity index (χ1v) is 5.80. The zero-order chi connectivity index (χ0) is 11.4. The van der Waals surface area contributed by atoms with E-state index >= 15 is 0 Å². The average Bonchev–Trinajstić information content (AvgIpc) is 2.31. The minimum Gasteiger partial charge on any atom is -0.373 e. The van der Waals surface area contributed by atoms with Gasteiger partial charge in [0, 0.05) is 25.8 Å². The molecule has 0 amide bonds. The van der Waals surface area contributed by atoms with Gasteiger partial charge in [-0.15, -0.1) is 0 Å². The first kappa shape index (κ1) is 11.6. The molecular weight excluding hydrogens is 226 g/mol. The molecule has 1 unspecified atom stereocenters. The van der Waals surface area contributed by atoms with Gasteiger partial charge in [0.25, 0.3) is 0 Å². The van der Waals surface area contributed by atoms with Crippen LogP contribution in [0.5, 0.6) is 0 Å². The summed E-state index contributed by atoms with van der Waals surface area (Å²) in [6.07, 6.45) is 1.91. The molecule has 2 heterocycles. The smallest absolute Gasteiger partial charge is 0.128 e. The molecule has 1 aliphatic rings. The van der Waals surface area contributed by atoms with E-state index < -0.39 is 0 Å². The van der Waals surface area contributed by atoms with Crippen molar-refractivity contribution >= 4 is 17.4 Å². The maximum atomic E-state index is 5.81. The Hall–Kier alpha value is -0.840. The fraction of sp³-hybridized carbons (Fsp3) is 0.545. The third-order valence-corrected chi connectivity index (χ3v) is 2.83. The van der Waals surface area contributed by atoms with Crippen molar-refractivity contribution in [1.29, 1.82) is 0 Å². The number of hydrogen-bond acceptors (Lipinski definition) is 4. The summed E-state index contributed by atoms with van der Waals surface area (Å²) in [5.41, 5.74) is 0. The van der Waals surface area contributed by atoms with Crippen LogP contribution in [-0.2, 0) is 4.74 Å². The highest BCUT2D eigenvalue weighted by Crippen LogP contribution is 2.16. The number of nitrogens with zero attached hydrogens (tertiary/aromatic N) is 2. The molecule has 16 heavy (non-hydrogen) atoms. The average molecular weight is 242 g/mol. The van der Waals surface area contributed by atoms with E-state index in [9.17, 15) is 0 Å². The second-order valence-corrected chi connectivity index (χ2v) is 4.27. The Morgan fingerprint density at radius 3 is 3.19 bits per heavy atom. The van der Waals surface area contributed by atoms with Crippen LogP contribution in [0.15, 0.2) is 18.3 Å². The molecule has 1 aliphatic heterocycles. The van der Waals surface area contributed by atoms with Crippen LogP contribution in [0.1, 0.15) is 0 Å². The third kappa shape index (κ3) is 2.84. The summed E-state index contributed by atoms with van der Waals surface area (Å²) in [5.74, 6) is 0.966. The van der Waals surface area contributed by atoms with E-state index in [4.69, 9.17) is 16.3 Å². The highest BCUT2D eigenvalue weighted by Gasteiger charge is 2.20. The number of morpholine rings is 1. The molecule has 4 nitrogen and oxygen atoms in total. The number of hydrogen-bond donors (Lipinski definition) is 1. The molecule has 1 saturated heterocycles. The van der Waals surface area contributed by atoms with E-state index in [0.717, 1.165) is 32.1 Å². The van der Waals surface area contributed by atoms with Crippen molar-refractivity contribution in [1.82, 2.24) is 10.3 Å². The van der Waals surface area contributed by atoms with Gasteiger partial charge in [-0.2, -0.15) is 0 Å². The lowest BCUT2D eigenvalue weighted by molar-refractivity contribution is 0.0419. The molecule has 0 saturated carbocycles. The molecule has 1 fully saturated rings. The lowest BCUT2D eigenvalue weighted by Gasteiger charge is -2.33. The standard InChI is InChI=1S/C11H16ClN3O/c1-13-7-10-8-15(4-5-16-10)11-3-2-9(12)6-14-11/h2-3,6,10,13H,4-5,7-8H2,1H3. The molecule has 1 aromatic rings. The summed E-state index contributed by atoms with van der Waals surface area (Å²) in [6, 6.07) is 3.82. The predicted octanol–water partition coefficient (Wildman–Crippen LogP) is 1.16. The van der Waals surface area contributed by atoms with E-state index in [1.54, 1.807) is 6.20 Å². The Labute approximate surface area is 101 Å². The van der Waals surface area contributed by atoms with Crippen molar-refractivity contribution in [2.75, 3.05) is 38.2 Å². The summed E-state index contributed by atoms with van der Waals surface area (Å²) in [7, 11) is 1.93. The lowest BCUT2D eigenvalue weighted by Crippen LogP contribution is -2.46. The number of rotatable bonds is 3. The summed E-state index contributed by atoms with van der Waals surface area (Å²) in [6.45, 7) is 3.37. The monoisotopic (exact) mass is 241 g/mol. The minimum absolute atomic E-state index is 0.233. The Kier molecular flexibility index (Phi) is 3.98. The van der Waals surface area contributed by atoms with Crippen LogP contribution < -0.4 is 10.2 Å². The molecule has 0 bridgehead atoms. The van der Waals surface area contributed by atoms with Gasteiger partial charge in [0.15, 0.2) is 0 Å². The zero-order valence-corrected chi connectivity index (χ0v) is 10.1. The van der Waals surface area contributed by atoms with Crippen LogP contribution in [0, 0.1) is 0 Å². The molecule has 0 aliphatic carbocycles. The van der Waals surface area contributed by atoms with Gasteiger partial charge in [-0.3, -0.25) is 0 Å². The van der Waals surface area contributed by atoms with E-state index in [-0.39, 0.29) is 6.10 Å². The number of likely N-dealkylation sites (N-methyl/N-ethyl adjacent to an activating group) is 1. The van der Waals surface area contributed by atoms with Gasteiger partial charge < -0.3 is 15.0 Å². The van der Waals surface area contributed by atoms with Crippen molar-refractivity contribution < 1.29 is 4.74 Å². The molecule has 1 atom stereocenters. The predicted molar refractivity (Wildman–Crippen MR) is 65.1 cm³/mol. The first-order chi connectivity index (χ1) is 7.79. The van der Waals surface area contributed by atoms with Gasteiger partial charge in [-0.25, -0.2) is 4.98 Å². The van der Waals surface area contributed by atoms with E-state index in [1.165, 1.54) is 0 Å². The number of ether oxygens (including phenoxy) is 1. The summed E-state index contributed by atoms with van der Waals surface area (Å²) in [5, 5.41) is 3.80. The molecule has 0 aromatic carbocycles. The molecule has 0 radical (unpaired) electrons. The molecule has 88 valence electrons. The Morgan fingerprint density at radius 2 is 2.50 bits per heavy atom. The summed E-state index contributed by atoms with van der Waals surface area (Å²) < 4.78 is 5.64. The number of anilines is 1. The van der Waals surface area contributed by atoms with Crippen molar-refractivity contribution in [2.45, 2.75) is 6.10 Å². The molecule has 2 rings (SSSR count). The summed E-state index contributed by atoms with van der Waals surface area (Å²) >= 11 is 5.81. The number of nitrogens with one attached hydrogen (secondary N) is 1. The highest BCUT2D eigenvalue weighted by molar-refractivity contribution is 6.30. The van der Waals surface area contributed by atoms with Crippen LogP contribution in [0.4, 0.5) is 5.82 Å². The summed E-state index contributed by atoms with van der Waals surface area (Å²) in [4.78, 5) is 6.54. The Bertz CT molecular complexity index is 329. The van der Waals surface area contributed by atoms with E-state index in [2.05, 4.69) is 15.2 Å². The second kappa shape index (κ2) is 5.48. The van der Waals surface area contributed by atoms with Gasteiger partial charge in [0.05, 0.1) is 17.7 Å². The topological polar surface area (TPSA) is 37.4 Å². The maximum absolute atomic E-state index is 5.81. The maximum Gasteiger partial charge on any atom is 0.128 e. The normalized spacial score (nSPS) is 21.1. The number of halogens is 1. The SMILES string of the molecule is CNCC1CN(c2ccc(Cl)cn2)CCO1. The molecule has 0 spiro atoms. The van der Waals surface area contributed by atoms with E-state index in [0.29, 0.717) is 5.02 Å². The minimum atomic E-state index is 0.233. The van der Waals surface area contributed by atoms with Crippen molar-refractivity contribution in [3.63, 3.8) is 0 Å². The van der Waals surface area contributed by atoms with Crippen LogP contribution in [0.3, 0.4) is 0 Å². The van der Waals surface area contributed by atoms with Gasteiger partial charge >= 0.3 is 0 Å². The Morgan fingerprint density at radius 1 is 1.62 bits per heavy atom. The van der Waals surface area contributed by atoms with Gasteiger partial charge in [-0.05, 0) is 19.2 Å². The Balaban J connectivity index is 2.01. The fourth-order valence-corrected chi connectivity index (χ4v) is 1.95. The quantitative estimate of drug-likeness (QED) is 0.862. The van der Waals surface area contributed by atoms with Crippen LogP contribution in [0.2, 0.25) is 5.02 Å². The molecule has 1 aromatic heterocycles. The molecule has 5 heteroatoms. The van der Waals surface area contributed by atoms with Gasteiger partial charge in [0.2, 0.25) is 0 Å². The lowest BCUT2D eigenvalue weighted by atomic mass is 10.2. The number of aromatic nitrogens is 1. The zero-order valence-electron chi connectivity index (χ0n) is 9.32. The largest absolute Gasteiger partial charge is 0.373 e. The van der Waals surface area contributed by atoms with Crippen LogP contribution in [0.25, 0.3) is 0 Å². The molecular formula is C11H16ClN3O. The van der Waals surface area contributed by atoms with Crippen LogP contribution in [-0.4, -0.2) is 44.4 Å². The third-order valence-electron chi connectivity index (χ3n) is 2.61. The highest BCUT2D eigenvalue weighted by atomic mass is 35.5. The second-order valence-electron chi connectivity index (χ2n) is 3.83. The number of pyridine rings is 1. The van der Waals surface area contributed by atoms with Gasteiger partial charge in [-0.1, -0.05) is 11.6 Å².